The minimum Gasteiger partial charge on any atom is -0.467 e. The predicted molar refractivity (Wildman–Crippen MR) is 79.6 cm³/mol. The molecule has 2 unspecified atom stereocenters. The Bertz CT molecular complexity index is 583. The number of nitrogens with one attached hydrogen (secondary N) is 1. The van der Waals surface area contributed by atoms with Crippen LogP contribution in [0.15, 0.2) is 53.1 Å². The number of carbonyl (C=O) groups excluding carboxylic acids is 1. The van der Waals surface area contributed by atoms with E-state index in [1.54, 1.807) is 6.26 Å². The average molecular weight is 285 g/mol. The summed E-state index contributed by atoms with van der Waals surface area (Å²) in [5.74, 6) is 0.518. The summed E-state index contributed by atoms with van der Waals surface area (Å²) in [6, 6.07) is 13.4. The number of furan rings is 1. The van der Waals surface area contributed by atoms with Crippen molar-refractivity contribution < 1.29 is 9.21 Å². The van der Waals surface area contributed by atoms with Gasteiger partial charge in [0.25, 0.3) is 0 Å². The molecule has 0 saturated carbocycles. The van der Waals surface area contributed by atoms with Crippen LogP contribution < -0.4 is 11.1 Å². The second kappa shape index (κ2) is 6.11. The fraction of sp³-hybridized carbons (Fsp3) is 0.312. The lowest BCUT2D eigenvalue weighted by Crippen LogP contribution is -2.57. The van der Waals surface area contributed by atoms with Crippen LogP contribution in [0.4, 0.5) is 0 Å². The summed E-state index contributed by atoms with van der Waals surface area (Å²) in [7, 11) is 0. The molecule has 1 aromatic heterocycles. The Labute approximate surface area is 123 Å². The van der Waals surface area contributed by atoms with E-state index in [2.05, 4.69) is 10.2 Å². The number of nitrogens with two attached hydrogens (primary N) is 1. The van der Waals surface area contributed by atoms with E-state index in [1.807, 2.05) is 42.5 Å². The molecule has 110 valence electrons. The fourth-order valence-electron chi connectivity index (χ4n) is 2.89. The van der Waals surface area contributed by atoms with Gasteiger partial charge in [0, 0.05) is 19.6 Å². The Morgan fingerprint density at radius 2 is 2.10 bits per heavy atom. The molecule has 21 heavy (non-hydrogen) atoms. The molecule has 0 spiro atoms. The molecule has 1 amide bonds. The van der Waals surface area contributed by atoms with E-state index in [0.29, 0.717) is 6.54 Å². The molecule has 1 aliphatic heterocycles. The number of hydrogen-bond acceptors (Lipinski definition) is 4. The van der Waals surface area contributed by atoms with Crippen LogP contribution in [0.5, 0.6) is 0 Å². The summed E-state index contributed by atoms with van der Waals surface area (Å²) in [4.78, 5) is 13.9. The van der Waals surface area contributed by atoms with Crippen molar-refractivity contribution in [3.8, 4) is 0 Å². The number of primary amides is 1. The summed E-state index contributed by atoms with van der Waals surface area (Å²) in [6.07, 6.45) is 1.66. The summed E-state index contributed by atoms with van der Waals surface area (Å²) in [5.41, 5.74) is 6.67. The Hall–Kier alpha value is -2.11. The Morgan fingerprint density at radius 1 is 1.29 bits per heavy atom. The van der Waals surface area contributed by atoms with E-state index in [1.165, 1.54) is 0 Å². The molecule has 3 rings (SSSR count). The molecule has 5 nitrogen and oxygen atoms in total. The number of carbonyl (C=O) groups is 1. The van der Waals surface area contributed by atoms with E-state index in [9.17, 15) is 4.79 Å². The maximum Gasteiger partial charge on any atom is 0.236 e. The van der Waals surface area contributed by atoms with E-state index in [-0.39, 0.29) is 18.0 Å². The number of hydrogen-bond donors (Lipinski definition) is 2. The second-order valence-corrected chi connectivity index (χ2v) is 5.19. The van der Waals surface area contributed by atoms with Gasteiger partial charge >= 0.3 is 0 Å². The average Bonchev–Trinajstić information content (AvgIpc) is 3.03. The predicted octanol–water partition coefficient (Wildman–Crippen LogP) is 1.13. The maximum atomic E-state index is 11.8. The summed E-state index contributed by atoms with van der Waals surface area (Å²) in [5, 5.41) is 3.22. The van der Waals surface area contributed by atoms with E-state index in [0.717, 1.165) is 24.4 Å². The van der Waals surface area contributed by atoms with Gasteiger partial charge in [0.05, 0.1) is 12.3 Å². The highest BCUT2D eigenvalue weighted by molar-refractivity contribution is 5.80. The van der Waals surface area contributed by atoms with Crippen LogP contribution in [0.2, 0.25) is 0 Å². The van der Waals surface area contributed by atoms with Gasteiger partial charge in [-0.3, -0.25) is 9.69 Å². The van der Waals surface area contributed by atoms with Crippen molar-refractivity contribution in [3.05, 3.63) is 60.1 Å². The van der Waals surface area contributed by atoms with Crippen molar-refractivity contribution in [2.75, 3.05) is 19.6 Å². The van der Waals surface area contributed by atoms with Gasteiger partial charge in [0.15, 0.2) is 0 Å². The molecule has 0 aliphatic carbocycles. The fourth-order valence-corrected chi connectivity index (χ4v) is 2.89. The van der Waals surface area contributed by atoms with E-state index in [4.69, 9.17) is 10.2 Å². The second-order valence-electron chi connectivity index (χ2n) is 5.19. The minimum absolute atomic E-state index is 0.0965. The number of rotatable bonds is 4. The van der Waals surface area contributed by atoms with Crippen molar-refractivity contribution in [3.63, 3.8) is 0 Å². The summed E-state index contributed by atoms with van der Waals surface area (Å²) < 4.78 is 5.62. The highest BCUT2D eigenvalue weighted by Crippen LogP contribution is 2.31. The van der Waals surface area contributed by atoms with Gasteiger partial charge in [-0.1, -0.05) is 30.3 Å². The molecule has 0 radical (unpaired) electrons. The first-order valence-corrected chi connectivity index (χ1v) is 7.11. The topological polar surface area (TPSA) is 71.5 Å². The third-order valence-electron chi connectivity index (χ3n) is 3.87. The zero-order valence-electron chi connectivity index (χ0n) is 11.7. The lowest BCUT2D eigenvalue weighted by atomic mass is 9.99. The molecule has 2 aromatic rings. The third-order valence-corrected chi connectivity index (χ3v) is 3.87. The van der Waals surface area contributed by atoms with E-state index < -0.39 is 0 Å². The third kappa shape index (κ3) is 2.84. The van der Waals surface area contributed by atoms with Crippen LogP contribution in [-0.2, 0) is 4.79 Å². The van der Waals surface area contributed by atoms with Gasteiger partial charge in [-0.2, -0.15) is 0 Å². The molecular weight excluding hydrogens is 266 g/mol. The monoisotopic (exact) mass is 285 g/mol. The van der Waals surface area contributed by atoms with Crippen molar-refractivity contribution in [2.45, 2.75) is 12.1 Å². The lowest BCUT2D eigenvalue weighted by molar-refractivity contribution is -0.124. The van der Waals surface area contributed by atoms with Crippen LogP contribution in [0.3, 0.4) is 0 Å². The van der Waals surface area contributed by atoms with Gasteiger partial charge in [0.2, 0.25) is 5.91 Å². The molecule has 1 fully saturated rings. The molecule has 3 N–H and O–H groups in total. The largest absolute Gasteiger partial charge is 0.467 e. The number of amides is 1. The molecule has 0 bridgehead atoms. The van der Waals surface area contributed by atoms with Gasteiger partial charge in [-0.15, -0.1) is 0 Å². The van der Waals surface area contributed by atoms with Crippen LogP contribution in [0.25, 0.3) is 0 Å². The summed E-state index contributed by atoms with van der Waals surface area (Å²) in [6.45, 7) is 2.14. The van der Waals surface area contributed by atoms with Crippen LogP contribution >= 0.6 is 0 Å². The first-order chi connectivity index (χ1) is 10.3. The Kier molecular flexibility index (Phi) is 4.03. The normalized spacial score (nSPS) is 21.0. The van der Waals surface area contributed by atoms with Crippen molar-refractivity contribution in [2.24, 2.45) is 5.73 Å². The van der Waals surface area contributed by atoms with Crippen molar-refractivity contribution in [1.82, 2.24) is 10.2 Å². The van der Waals surface area contributed by atoms with Crippen LogP contribution in [-0.4, -0.2) is 36.5 Å². The highest BCUT2D eigenvalue weighted by atomic mass is 16.3. The van der Waals surface area contributed by atoms with Crippen LogP contribution in [0.1, 0.15) is 17.4 Å². The number of benzene rings is 1. The maximum absolute atomic E-state index is 11.8. The zero-order chi connectivity index (χ0) is 14.7. The molecule has 1 saturated heterocycles. The molecular formula is C16H19N3O2. The van der Waals surface area contributed by atoms with Crippen molar-refractivity contribution in [1.29, 1.82) is 0 Å². The first-order valence-electron chi connectivity index (χ1n) is 7.11. The molecule has 2 atom stereocenters. The molecule has 1 aromatic carbocycles. The van der Waals surface area contributed by atoms with Gasteiger partial charge < -0.3 is 15.5 Å². The first kappa shape index (κ1) is 13.9. The highest BCUT2D eigenvalue weighted by Gasteiger charge is 2.35. The molecule has 5 heteroatoms. The smallest absolute Gasteiger partial charge is 0.236 e. The Balaban J connectivity index is 2.00. The lowest BCUT2D eigenvalue weighted by Gasteiger charge is -2.39. The van der Waals surface area contributed by atoms with Crippen LogP contribution in [0, 0.1) is 0 Å². The number of piperazine rings is 1. The quantitative estimate of drug-likeness (QED) is 0.883. The Morgan fingerprint density at radius 3 is 2.76 bits per heavy atom. The molecule has 1 aliphatic rings. The summed E-state index contributed by atoms with van der Waals surface area (Å²) >= 11 is 0. The van der Waals surface area contributed by atoms with Gasteiger partial charge in [-0.05, 0) is 17.7 Å². The SMILES string of the molecule is NC(=O)C1CNCCN1C(c1ccccc1)c1ccco1. The van der Waals surface area contributed by atoms with E-state index >= 15 is 0 Å². The van der Waals surface area contributed by atoms with Gasteiger partial charge in [-0.25, -0.2) is 0 Å². The standard InChI is InChI=1S/C16H19N3O2/c17-16(20)13-11-18-8-9-19(13)15(14-7-4-10-21-14)12-5-2-1-3-6-12/h1-7,10,13,15,18H,8-9,11H2,(H2,17,20). The zero-order valence-corrected chi connectivity index (χ0v) is 11.7. The van der Waals surface area contributed by atoms with Crippen molar-refractivity contribution >= 4 is 5.91 Å². The number of nitrogens with zero attached hydrogens (tertiary/aromatic N) is 1. The minimum atomic E-state index is -0.339. The van der Waals surface area contributed by atoms with Gasteiger partial charge in [0.1, 0.15) is 11.8 Å². The molecule has 2 heterocycles.